The Balaban J connectivity index is 2.23. The maximum Gasteiger partial charge on any atom is 0.266 e. The van der Waals surface area contributed by atoms with E-state index in [1.165, 1.54) is 11.3 Å². The van der Waals surface area contributed by atoms with Crippen molar-refractivity contribution < 1.29 is 9.59 Å². The fraction of sp³-hybridized carbons (Fsp3) is 0.545. The Bertz CT molecular complexity index is 485. The lowest BCUT2D eigenvalue weighted by Crippen LogP contribution is -2.44. The lowest BCUT2D eigenvalue weighted by Gasteiger charge is -2.22. The van der Waals surface area contributed by atoms with Crippen molar-refractivity contribution in [1.29, 1.82) is 0 Å². The number of carbonyl (C=O) groups is 2. The third-order valence-corrected chi connectivity index (χ3v) is 4.04. The molecular weight excluding hydrogens is 252 g/mol. The summed E-state index contributed by atoms with van der Waals surface area (Å²) in [4.78, 5) is 30.3. The van der Waals surface area contributed by atoms with Crippen LogP contribution in [0.1, 0.15) is 28.2 Å². The number of carbonyl (C=O) groups excluding carboxylic acids is 2. The van der Waals surface area contributed by atoms with E-state index in [9.17, 15) is 9.59 Å². The summed E-state index contributed by atoms with van der Waals surface area (Å²) in [6.45, 7) is 2.36. The predicted octanol–water partition coefficient (Wildman–Crippen LogP) is 0.384. The molecule has 0 aromatic carbocycles. The first-order valence-corrected chi connectivity index (χ1v) is 6.61. The molecule has 3 N–H and O–H groups in total. The Morgan fingerprint density at radius 3 is 2.83 bits per heavy atom. The van der Waals surface area contributed by atoms with Gasteiger partial charge in [0.2, 0.25) is 5.91 Å². The number of hydrogen-bond acceptors (Lipinski definition) is 5. The summed E-state index contributed by atoms with van der Waals surface area (Å²) in [5, 5.41) is 2.97. The maximum absolute atomic E-state index is 12.4. The van der Waals surface area contributed by atoms with Crippen LogP contribution in [-0.4, -0.2) is 41.3 Å². The van der Waals surface area contributed by atoms with Gasteiger partial charge in [0.25, 0.3) is 5.91 Å². The number of hydrogen-bond donors (Lipinski definition) is 2. The fourth-order valence-electron chi connectivity index (χ4n) is 2.20. The first kappa shape index (κ1) is 12.8. The van der Waals surface area contributed by atoms with E-state index >= 15 is 0 Å². The molecule has 2 heterocycles. The number of nitrogens with two attached hydrogens (primary N) is 1. The van der Waals surface area contributed by atoms with E-state index in [4.69, 9.17) is 5.73 Å². The van der Waals surface area contributed by atoms with Gasteiger partial charge in [0, 0.05) is 13.6 Å². The van der Waals surface area contributed by atoms with Gasteiger partial charge in [-0.2, -0.15) is 0 Å². The van der Waals surface area contributed by atoms with Gasteiger partial charge in [-0.1, -0.05) is 11.3 Å². The summed E-state index contributed by atoms with van der Waals surface area (Å²) in [5.41, 5.74) is 6.22. The Labute approximate surface area is 109 Å². The summed E-state index contributed by atoms with van der Waals surface area (Å²) in [5.74, 6) is -0.260. The minimum atomic E-state index is -0.370. The van der Waals surface area contributed by atoms with Crippen LogP contribution in [0.15, 0.2) is 0 Å². The number of aryl methyl sites for hydroxylation is 1. The van der Waals surface area contributed by atoms with Crippen LogP contribution in [-0.2, 0) is 4.79 Å². The Hall–Kier alpha value is -1.63. The normalized spacial score (nSPS) is 19.0. The van der Waals surface area contributed by atoms with Gasteiger partial charge in [-0.3, -0.25) is 9.59 Å². The van der Waals surface area contributed by atoms with Crippen molar-refractivity contribution in [2.24, 2.45) is 0 Å². The van der Waals surface area contributed by atoms with E-state index in [-0.39, 0.29) is 17.9 Å². The second-order valence-electron chi connectivity index (χ2n) is 4.24. The summed E-state index contributed by atoms with van der Waals surface area (Å²) in [6, 6.07) is -0.370. The van der Waals surface area contributed by atoms with E-state index in [2.05, 4.69) is 10.3 Å². The largest absolute Gasteiger partial charge is 0.375 e. The lowest BCUT2D eigenvalue weighted by atomic mass is 10.2. The predicted molar refractivity (Wildman–Crippen MR) is 69.4 cm³/mol. The molecule has 98 valence electrons. The molecule has 1 unspecified atom stereocenters. The van der Waals surface area contributed by atoms with Crippen molar-refractivity contribution >= 4 is 28.3 Å². The van der Waals surface area contributed by atoms with Crippen LogP contribution < -0.4 is 11.1 Å². The zero-order chi connectivity index (χ0) is 13.3. The van der Waals surface area contributed by atoms with Crippen molar-refractivity contribution in [2.45, 2.75) is 25.8 Å². The number of likely N-dealkylation sites (tertiary alicyclic amines) is 1. The molecule has 2 amide bonds. The average Bonchev–Trinajstić information content (AvgIpc) is 2.94. The standard InChI is InChI=1S/C11H16N4O2S/c1-6-8(18-11(12)14-6)10(17)15-5-3-4-7(15)9(16)13-2/h7H,3-5H2,1-2H3,(H2,12,14)(H,13,16). The van der Waals surface area contributed by atoms with Gasteiger partial charge >= 0.3 is 0 Å². The van der Waals surface area contributed by atoms with Crippen LogP contribution in [0.4, 0.5) is 5.13 Å². The van der Waals surface area contributed by atoms with Crippen molar-refractivity contribution in [3.8, 4) is 0 Å². The molecule has 0 bridgehead atoms. The summed E-state index contributed by atoms with van der Waals surface area (Å²) < 4.78 is 0. The number of nitrogens with one attached hydrogen (secondary N) is 1. The first-order chi connectivity index (χ1) is 8.54. The number of nitrogens with zero attached hydrogens (tertiary/aromatic N) is 2. The Morgan fingerprint density at radius 2 is 2.28 bits per heavy atom. The van der Waals surface area contributed by atoms with Gasteiger partial charge in [-0.05, 0) is 19.8 Å². The number of aromatic nitrogens is 1. The van der Waals surface area contributed by atoms with Gasteiger partial charge in [0.1, 0.15) is 10.9 Å². The molecule has 0 saturated carbocycles. The smallest absolute Gasteiger partial charge is 0.266 e. The summed E-state index contributed by atoms with van der Waals surface area (Å²) in [6.07, 6.45) is 1.55. The molecule has 1 aromatic rings. The second-order valence-corrected chi connectivity index (χ2v) is 5.27. The highest BCUT2D eigenvalue weighted by atomic mass is 32.1. The zero-order valence-corrected chi connectivity index (χ0v) is 11.2. The molecule has 0 spiro atoms. The quantitative estimate of drug-likeness (QED) is 0.812. The van der Waals surface area contributed by atoms with Gasteiger partial charge in [-0.15, -0.1) is 0 Å². The summed E-state index contributed by atoms with van der Waals surface area (Å²) in [7, 11) is 1.58. The Morgan fingerprint density at radius 1 is 1.56 bits per heavy atom. The number of likely N-dealkylation sites (N-methyl/N-ethyl adjacent to an activating group) is 1. The zero-order valence-electron chi connectivity index (χ0n) is 10.4. The minimum Gasteiger partial charge on any atom is -0.375 e. The maximum atomic E-state index is 12.4. The van der Waals surface area contributed by atoms with Crippen LogP contribution in [0.25, 0.3) is 0 Å². The van der Waals surface area contributed by atoms with Crippen LogP contribution in [0, 0.1) is 6.92 Å². The van der Waals surface area contributed by atoms with E-state index < -0.39 is 0 Å². The summed E-state index contributed by atoms with van der Waals surface area (Å²) >= 11 is 1.17. The molecule has 0 radical (unpaired) electrons. The number of nitrogen functional groups attached to an aromatic ring is 1. The van der Waals surface area contributed by atoms with Crippen molar-refractivity contribution in [2.75, 3.05) is 19.3 Å². The van der Waals surface area contributed by atoms with Crippen LogP contribution in [0.5, 0.6) is 0 Å². The average molecular weight is 268 g/mol. The monoisotopic (exact) mass is 268 g/mol. The highest BCUT2D eigenvalue weighted by Gasteiger charge is 2.35. The fourth-order valence-corrected chi connectivity index (χ4v) is 2.98. The van der Waals surface area contributed by atoms with Crippen LogP contribution in [0.2, 0.25) is 0 Å². The van der Waals surface area contributed by atoms with E-state index in [0.717, 1.165) is 6.42 Å². The Kier molecular flexibility index (Phi) is 3.51. The molecule has 6 nitrogen and oxygen atoms in total. The second kappa shape index (κ2) is 4.93. The number of amides is 2. The third-order valence-electron chi connectivity index (χ3n) is 3.07. The topological polar surface area (TPSA) is 88.3 Å². The molecule has 1 aromatic heterocycles. The molecule has 7 heteroatoms. The van der Waals surface area contributed by atoms with Crippen molar-refractivity contribution in [3.05, 3.63) is 10.6 Å². The minimum absolute atomic E-state index is 0.115. The molecule has 1 aliphatic rings. The van der Waals surface area contributed by atoms with Crippen LogP contribution >= 0.6 is 11.3 Å². The molecule has 1 saturated heterocycles. The number of thiazole rings is 1. The molecule has 18 heavy (non-hydrogen) atoms. The number of anilines is 1. The number of rotatable bonds is 2. The molecular formula is C11H16N4O2S. The third kappa shape index (κ3) is 2.17. The molecule has 0 aliphatic carbocycles. The van der Waals surface area contributed by atoms with E-state index in [1.807, 2.05) is 0 Å². The first-order valence-electron chi connectivity index (χ1n) is 5.80. The van der Waals surface area contributed by atoms with Crippen molar-refractivity contribution in [3.63, 3.8) is 0 Å². The van der Waals surface area contributed by atoms with Crippen LogP contribution in [0.3, 0.4) is 0 Å². The molecule has 1 aliphatic heterocycles. The van der Waals surface area contributed by atoms with Gasteiger partial charge in [0.15, 0.2) is 5.13 Å². The highest BCUT2D eigenvalue weighted by Crippen LogP contribution is 2.26. The molecule has 1 atom stereocenters. The lowest BCUT2D eigenvalue weighted by molar-refractivity contribution is -0.124. The molecule has 2 rings (SSSR count). The van der Waals surface area contributed by atoms with Gasteiger partial charge in [-0.25, -0.2) is 4.98 Å². The van der Waals surface area contributed by atoms with Gasteiger partial charge < -0.3 is 16.0 Å². The van der Waals surface area contributed by atoms with Gasteiger partial charge in [0.05, 0.1) is 5.69 Å². The molecule has 1 fully saturated rings. The van der Waals surface area contributed by atoms with E-state index in [0.29, 0.717) is 28.7 Å². The highest BCUT2D eigenvalue weighted by molar-refractivity contribution is 7.17. The van der Waals surface area contributed by atoms with E-state index in [1.54, 1.807) is 18.9 Å². The SMILES string of the molecule is CNC(=O)C1CCCN1C(=O)c1sc(N)nc1C. The van der Waals surface area contributed by atoms with Crippen molar-refractivity contribution in [1.82, 2.24) is 15.2 Å².